The van der Waals surface area contributed by atoms with Gasteiger partial charge in [0.15, 0.2) is 5.65 Å². The highest BCUT2D eigenvalue weighted by Crippen LogP contribution is 2.29. The fourth-order valence-electron chi connectivity index (χ4n) is 2.90. The van der Waals surface area contributed by atoms with E-state index < -0.39 is 6.43 Å². The first-order valence-electron chi connectivity index (χ1n) is 7.30. The van der Waals surface area contributed by atoms with Crippen LogP contribution in [0.4, 0.5) is 8.78 Å². The van der Waals surface area contributed by atoms with Gasteiger partial charge in [0.25, 0.3) is 6.43 Å². The van der Waals surface area contributed by atoms with E-state index in [9.17, 15) is 8.78 Å². The number of nitrogens with one attached hydrogen (secondary N) is 1. The number of alkyl halides is 2. The molecule has 0 saturated heterocycles. The molecule has 2 aromatic carbocycles. The zero-order valence-electron chi connectivity index (χ0n) is 12.1. The van der Waals surface area contributed by atoms with Crippen molar-refractivity contribution in [2.45, 2.75) is 12.8 Å². The van der Waals surface area contributed by atoms with Crippen molar-refractivity contribution in [3.8, 4) is 0 Å². The molecule has 0 amide bonds. The van der Waals surface area contributed by atoms with Crippen LogP contribution in [0, 0.1) is 0 Å². The average molecular weight is 309 g/mol. The van der Waals surface area contributed by atoms with E-state index >= 15 is 0 Å². The zero-order valence-corrected chi connectivity index (χ0v) is 12.1. The molecule has 23 heavy (non-hydrogen) atoms. The van der Waals surface area contributed by atoms with Crippen LogP contribution in [0.3, 0.4) is 0 Å². The molecule has 0 unspecified atom stereocenters. The van der Waals surface area contributed by atoms with E-state index in [1.54, 1.807) is 18.3 Å². The van der Waals surface area contributed by atoms with E-state index in [1.807, 2.05) is 30.3 Å². The van der Waals surface area contributed by atoms with E-state index in [0.29, 0.717) is 17.5 Å². The third-order valence-electron chi connectivity index (χ3n) is 4.00. The number of nitrogens with zero attached hydrogens (tertiary/aromatic N) is 2. The van der Waals surface area contributed by atoms with Crippen molar-refractivity contribution < 1.29 is 8.78 Å². The van der Waals surface area contributed by atoms with Crippen LogP contribution in [0.25, 0.3) is 21.8 Å². The number of halogens is 2. The van der Waals surface area contributed by atoms with Crippen LogP contribution >= 0.6 is 0 Å². The predicted molar refractivity (Wildman–Crippen MR) is 85.6 cm³/mol. The lowest BCUT2D eigenvalue weighted by Crippen LogP contribution is -1.92. The third kappa shape index (κ3) is 2.44. The number of benzene rings is 2. The lowest BCUT2D eigenvalue weighted by atomic mass is 10.00. The molecule has 0 bridgehead atoms. The fraction of sp³-hybridized carbons (Fsp3) is 0.111. The first-order chi connectivity index (χ1) is 11.2. The van der Waals surface area contributed by atoms with Crippen molar-refractivity contribution in [2.24, 2.45) is 0 Å². The lowest BCUT2D eigenvalue weighted by Gasteiger charge is -2.07. The Morgan fingerprint density at radius 2 is 1.91 bits per heavy atom. The molecule has 0 saturated carbocycles. The number of aromatic nitrogens is 3. The van der Waals surface area contributed by atoms with E-state index in [4.69, 9.17) is 0 Å². The van der Waals surface area contributed by atoms with Crippen LogP contribution in [-0.2, 0) is 6.42 Å². The number of pyridine rings is 1. The summed E-state index contributed by atoms with van der Waals surface area (Å²) in [5, 5.41) is 9.59. The Morgan fingerprint density at radius 3 is 2.78 bits per heavy atom. The van der Waals surface area contributed by atoms with Crippen molar-refractivity contribution in [3.63, 3.8) is 0 Å². The molecule has 0 aliphatic carbocycles. The summed E-state index contributed by atoms with van der Waals surface area (Å²) in [4.78, 5) is 4.20. The van der Waals surface area contributed by atoms with Gasteiger partial charge in [0.1, 0.15) is 0 Å². The topological polar surface area (TPSA) is 41.6 Å². The van der Waals surface area contributed by atoms with Crippen LogP contribution in [0.15, 0.2) is 54.7 Å². The van der Waals surface area contributed by atoms with Gasteiger partial charge in [-0.25, -0.2) is 13.8 Å². The highest BCUT2D eigenvalue weighted by atomic mass is 19.3. The summed E-state index contributed by atoms with van der Waals surface area (Å²) in [6, 6.07) is 14.4. The minimum atomic E-state index is -2.47. The first kappa shape index (κ1) is 13.8. The molecule has 2 heterocycles. The minimum Gasteiger partial charge on any atom is -0.279 e. The number of fused-ring (bicyclic) bond motifs is 2. The smallest absolute Gasteiger partial charge is 0.264 e. The van der Waals surface area contributed by atoms with Crippen LogP contribution in [-0.4, -0.2) is 15.2 Å². The molecule has 0 spiro atoms. The summed E-state index contributed by atoms with van der Waals surface area (Å²) in [6.45, 7) is 0. The molecular formula is C18H13F2N3. The molecule has 114 valence electrons. The molecule has 4 aromatic rings. The molecule has 0 aliphatic rings. The molecule has 4 rings (SSSR count). The SMILES string of the molecule is FC(F)c1cccc2cc(Cc3[nH]nc4ncccc34)ccc12. The Bertz CT molecular complexity index is 992. The van der Waals surface area contributed by atoms with Crippen molar-refractivity contribution in [2.75, 3.05) is 0 Å². The van der Waals surface area contributed by atoms with Gasteiger partial charge in [-0.1, -0.05) is 36.4 Å². The quantitative estimate of drug-likeness (QED) is 0.599. The van der Waals surface area contributed by atoms with Crippen LogP contribution in [0.1, 0.15) is 23.2 Å². The molecule has 0 aliphatic heterocycles. The van der Waals surface area contributed by atoms with E-state index in [1.165, 1.54) is 6.07 Å². The van der Waals surface area contributed by atoms with Gasteiger partial charge in [0.2, 0.25) is 0 Å². The number of hydrogen-bond donors (Lipinski definition) is 1. The Hall–Kier alpha value is -2.82. The fourth-order valence-corrected chi connectivity index (χ4v) is 2.90. The zero-order chi connectivity index (χ0) is 15.8. The van der Waals surface area contributed by atoms with Crippen LogP contribution in [0.5, 0.6) is 0 Å². The molecule has 0 atom stereocenters. The predicted octanol–water partition coefficient (Wildman–Crippen LogP) is 4.64. The summed E-state index contributed by atoms with van der Waals surface area (Å²) in [5.41, 5.74) is 2.77. The number of H-pyrrole nitrogens is 1. The lowest BCUT2D eigenvalue weighted by molar-refractivity contribution is 0.153. The Balaban J connectivity index is 1.75. The van der Waals surface area contributed by atoms with Crippen molar-refractivity contribution >= 4 is 21.8 Å². The largest absolute Gasteiger partial charge is 0.279 e. The Labute approximate surface area is 131 Å². The maximum atomic E-state index is 13.1. The molecule has 5 heteroatoms. The van der Waals surface area contributed by atoms with Crippen molar-refractivity contribution in [1.82, 2.24) is 15.2 Å². The van der Waals surface area contributed by atoms with Gasteiger partial charge < -0.3 is 0 Å². The maximum absolute atomic E-state index is 13.1. The standard InChI is InChI=1S/C18H13F2N3/c19-17(20)14-4-1-3-12-9-11(6-7-13(12)14)10-16-15-5-2-8-21-18(15)23-22-16/h1-9,17H,10H2,(H,21,22,23). The summed E-state index contributed by atoms with van der Waals surface area (Å²) >= 11 is 0. The third-order valence-corrected chi connectivity index (χ3v) is 4.00. The molecule has 3 nitrogen and oxygen atoms in total. The van der Waals surface area contributed by atoms with E-state index in [-0.39, 0.29) is 5.56 Å². The summed E-state index contributed by atoms with van der Waals surface area (Å²) in [7, 11) is 0. The Morgan fingerprint density at radius 1 is 1.00 bits per heavy atom. The second-order valence-corrected chi connectivity index (χ2v) is 5.46. The minimum absolute atomic E-state index is 0.0743. The molecule has 1 N–H and O–H groups in total. The van der Waals surface area contributed by atoms with E-state index in [2.05, 4.69) is 15.2 Å². The van der Waals surface area contributed by atoms with Gasteiger partial charge in [0.05, 0.1) is 0 Å². The van der Waals surface area contributed by atoms with Gasteiger partial charge in [-0.15, -0.1) is 0 Å². The second kappa shape index (κ2) is 5.43. The highest BCUT2D eigenvalue weighted by Gasteiger charge is 2.12. The van der Waals surface area contributed by atoms with Gasteiger partial charge >= 0.3 is 0 Å². The van der Waals surface area contributed by atoms with Gasteiger partial charge in [0, 0.05) is 29.3 Å². The van der Waals surface area contributed by atoms with Gasteiger partial charge in [-0.05, 0) is 28.5 Å². The van der Waals surface area contributed by atoms with Crippen LogP contribution < -0.4 is 0 Å². The first-order valence-corrected chi connectivity index (χ1v) is 7.30. The van der Waals surface area contributed by atoms with Crippen molar-refractivity contribution in [1.29, 1.82) is 0 Å². The second-order valence-electron chi connectivity index (χ2n) is 5.46. The molecule has 0 radical (unpaired) electrons. The number of rotatable bonds is 3. The molecule has 0 fully saturated rings. The summed E-state index contributed by atoms with van der Waals surface area (Å²) in [5.74, 6) is 0. The maximum Gasteiger partial charge on any atom is 0.264 e. The normalized spacial score (nSPS) is 11.6. The summed E-state index contributed by atoms with van der Waals surface area (Å²) < 4.78 is 26.1. The molecule has 2 aromatic heterocycles. The monoisotopic (exact) mass is 309 g/mol. The van der Waals surface area contributed by atoms with Gasteiger partial charge in [-0.3, -0.25) is 5.10 Å². The summed E-state index contributed by atoms with van der Waals surface area (Å²) in [6.07, 6.45) is -0.113. The number of aromatic amines is 1. The van der Waals surface area contributed by atoms with Gasteiger partial charge in [-0.2, -0.15) is 5.10 Å². The average Bonchev–Trinajstić information content (AvgIpc) is 2.97. The van der Waals surface area contributed by atoms with E-state index in [0.717, 1.165) is 22.0 Å². The number of hydrogen-bond acceptors (Lipinski definition) is 2. The van der Waals surface area contributed by atoms with Crippen LogP contribution in [0.2, 0.25) is 0 Å². The molecular weight excluding hydrogens is 296 g/mol. The Kier molecular flexibility index (Phi) is 3.26. The highest BCUT2D eigenvalue weighted by molar-refractivity contribution is 5.87. The van der Waals surface area contributed by atoms with Crippen molar-refractivity contribution in [3.05, 3.63) is 71.5 Å².